The molecule has 2 rings (SSSR count). The minimum atomic E-state index is -4.02. The van der Waals surface area contributed by atoms with Crippen LogP contribution in [0.5, 0.6) is 0 Å². The zero-order valence-electron chi connectivity index (χ0n) is 11.0. The number of amides is 1. The van der Waals surface area contributed by atoms with Gasteiger partial charge in [-0.15, -0.1) is 0 Å². The molecule has 1 aromatic carbocycles. The molecule has 0 fully saturated rings. The fourth-order valence-corrected chi connectivity index (χ4v) is 4.24. The summed E-state index contributed by atoms with van der Waals surface area (Å²) in [6, 6.07) is 1.69. The van der Waals surface area contributed by atoms with Gasteiger partial charge in [0.25, 0.3) is 0 Å². The Morgan fingerprint density at radius 3 is 2.71 bits per heavy atom. The summed E-state index contributed by atoms with van der Waals surface area (Å²) in [5.41, 5.74) is 1.25. The van der Waals surface area contributed by atoms with Gasteiger partial charge in [0.15, 0.2) is 0 Å². The van der Waals surface area contributed by atoms with Crippen LogP contribution in [0.15, 0.2) is 21.5 Å². The van der Waals surface area contributed by atoms with Crippen molar-refractivity contribution < 1.29 is 23.1 Å². The highest BCUT2D eigenvalue weighted by atomic mass is 79.9. The monoisotopic (exact) mass is 376 g/mol. The molecule has 1 amide bonds. The fourth-order valence-electron chi connectivity index (χ4n) is 1.93. The number of carbonyl (C=O) groups excluding carboxylic acids is 1. The predicted molar refractivity (Wildman–Crippen MR) is 78.5 cm³/mol. The Hall–Kier alpha value is -1.45. The third kappa shape index (κ3) is 3.42. The Morgan fingerprint density at radius 1 is 1.43 bits per heavy atom. The van der Waals surface area contributed by atoms with E-state index in [2.05, 4.69) is 26.0 Å². The van der Waals surface area contributed by atoms with Crippen LogP contribution in [0.4, 0.5) is 5.69 Å². The molecule has 1 aliphatic rings. The highest BCUT2D eigenvalue weighted by Gasteiger charge is 2.26. The van der Waals surface area contributed by atoms with Gasteiger partial charge in [0, 0.05) is 16.6 Å². The number of hydrogen-bond acceptors (Lipinski definition) is 4. The van der Waals surface area contributed by atoms with Crippen LogP contribution in [0.25, 0.3) is 0 Å². The van der Waals surface area contributed by atoms with E-state index in [1.165, 1.54) is 13.0 Å². The largest absolute Gasteiger partial charge is 0.480 e. The Balaban J connectivity index is 2.42. The summed E-state index contributed by atoms with van der Waals surface area (Å²) in [5.74, 6) is -1.46. The van der Waals surface area contributed by atoms with Crippen molar-refractivity contribution in [2.45, 2.75) is 30.7 Å². The smallest absolute Gasteiger partial charge is 0.321 e. The molecule has 7 nitrogen and oxygen atoms in total. The normalized spacial score (nSPS) is 16.0. The maximum absolute atomic E-state index is 12.2. The number of fused-ring (bicyclic) bond motifs is 1. The second kappa shape index (κ2) is 5.74. The van der Waals surface area contributed by atoms with Crippen molar-refractivity contribution in [3.8, 4) is 0 Å². The van der Waals surface area contributed by atoms with Gasteiger partial charge in [-0.25, -0.2) is 8.42 Å². The molecule has 21 heavy (non-hydrogen) atoms. The zero-order valence-corrected chi connectivity index (χ0v) is 13.4. The molecule has 1 unspecified atom stereocenters. The van der Waals surface area contributed by atoms with Crippen molar-refractivity contribution in [1.29, 1.82) is 0 Å². The first-order valence-corrected chi connectivity index (χ1v) is 8.36. The van der Waals surface area contributed by atoms with Gasteiger partial charge in [-0.05, 0) is 47.0 Å². The van der Waals surface area contributed by atoms with Crippen LogP contribution < -0.4 is 10.0 Å². The molecule has 9 heteroatoms. The van der Waals surface area contributed by atoms with Crippen molar-refractivity contribution in [1.82, 2.24) is 4.72 Å². The maximum atomic E-state index is 12.2. The lowest BCUT2D eigenvalue weighted by Crippen LogP contribution is -2.38. The van der Waals surface area contributed by atoms with E-state index >= 15 is 0 Å². The van der Waals surface area contributed by atoms with Gasteiger partial charge >= 0.3 is 5.97 Å². The number of nitrogens with one attached hydrogen (secondary N) is 2. The van der Waals surface area contributed by atoms with Crippen molar-refractivity contribution in [3.63, 3.8) is 0 Å². The summed E-state index contributed by atoms with van der Waals surface area (Å²) in [5, 5.41) is 11.4. The average molecular weight is 377 g/mol. The molecule has 1 aliphatic heterocycles. The lowest BCUT2D eigenvalue weighted by molar-refractivity contribution is -0.138. The molecular formula is C12H13BrN2O5S. The molecule has 1 heterocycles. The van der Waals surface area contributed by atoms with E-state index in [-0.39, 0.29) is 10.8 Å². The van der Waals surface area contributed by atoms with Crippen LogP contribution in [-0.2, 0) is 26.0 Å². The van der Waals surface area contributed by atoms with Crippen molar-refractivity contribution in [2.24, 2.45) is 0 Å². The molecule has 0 spiro atoms. The van der Waals surface area contributed by atoms with Crippen LogP contribution >= 0.6 is 15.9 Å². The van der Waals surface area contributed by atoms with Crippen molar-refractivity contribution in [3.05, 3.63) is 22.2 Å². The molecule has 1 aromatic rings. The highest BCUT2D eigenvalue weighted by Crippen LogP contribution is 2.32. The van der Waals surface area contributed by atoms with E-state index < -0.39 is 22.0 Å². The van der Waals surface area contributed by atoms with Crippen molar-refractivity contribution in [2.75, 3.05) is 5.32 Å². The topological polar surface area (TPSA) is 113 Å². The van der Waals surface area contributed by atoms with E-state index in [1.54, 1.807) is 6.07 Å². The molecule has 0 aromatic heterocycles. The van der Waals surface area contributed by atoms with Crippen molar-refractivity contribution >= 4 is 43.5 Å². The summed E-state index contributed by atoms with van der Waals surface area (Å²) >= 11 is 3.17. The first-order valence-electron chi connectivity index (χ1n) is 6.08. The Bertz CT molecular complexity index is 717. The lowest BCUT2D eigenvalue weighted by atomic mass is 10.0. The molecule has 114 valence electrons. The number of carboxylic acid groups (broad SMARTS) is 1. The van der Waals surface area contributed by atoms with Crippen LogP contribution in [0, 0.1) is 0 Å². The van der Waals surface area contributed by atoms with Gasteiger partial charge in [-0.1, -0.05) is 0 Å². The molecule has 0 radical (unpaired) electrons. The third-order valence-electron chi connectivity index (χ3n) is 3.05. The number of carboxylic acids is 1. The Kier molecular flexibility index (Phi) is 4.35. The van der Waals surface area contributed by atoms with Crippen LogP contribution in [-0.4, -0.2) is 31.4 Å². The van der Waals surface area contributed by atoms with E-state index in [1.807, 2.05) is 0 Å². The second-order valence-electron chi connectivity index (χ2n) is 4.67. The third-order valence-corrected chi connectivity index (χ3v) is 5.54. The minimum Gasteiger partial charge on any atom is -0.480 e. The number of aryl methyl sites for hydroxylation is 1. The average Bonchev–Trinajstić information content (AvgIpc) is 2.37. The number of rotatable bonds is 4. The second-order valence-corrected chi connectivity index (χ2v) is 7.21. The van der Waals surface area contributed by atoms with Gasteiger partial charge in [0.1, 0.15) is 6.04 Å². The Morgan fingerprint density at radius 2 is 2.10 bits per heavy atom. The molecule has 0 bridgehead atoms. The summed E-state index contributed by atoms with van der Waals surface area (Å²) in [6.07, 6.45) is 0.874. The van der Waals surface area contributed by atoms with E-state index in [0.29, 0.717) is 23.0 Å². The van der Waals surface area contributed by atoms with Gasteiger partial charge in [-0.2, -0.15) is 4.72 Å². The Labute approximate surface area is 129 Å². The van der Waals surface area contributed by atoms with E-state index in [0.717, 1.165) is 5.56 Å². The first-order chi connectivity index (χ1) is 9.70. The molecule has 3 N–H and O–H groups in total. The highest BCUT2D eigenvalue weighted by molar-refractivity contribution is 9.10. The van der Waals surface area contributed by atoms with Crippen LogP contribution in [0.3, 0.4) is 0 Å². The summed E-state index contributed by atoms with van der Waals surface area (Å²) in [4.78, 5) is 22.0. The summed E-state index contributed by atoms with van der Waals surface area (Å²) < 4.78 is 26.8. The number of anilines is 1. The fraction of sp³-hybridized carbons (Fsp3) is 0.333. The summed E-state index contributed by atoms with van der Waals surface area (Å²) in [7, 11) is -4.02. The SMILES string of the molecule is CC(NS(=O)(=O)c1cc2c(cc1Br)CCC(=O)N2)C(=O)O. The summed E-state index contributed by atoms with van der Waals surface area (Å²) in [6.45, 7) is 1.23. The zero-order chi connectivity index (χ0) is 15.8. The molecule has 1 atom stereocenters. The molecule has 0 saturated carbocycles. The van der Waals surface area contributed by atoms with Gasteiger partial charge in [-0.3, -0.25) is 9.59 Å². The number of hydrogen-bond donors (Lipinski definition) is 3. The maximum Gasteiger partial charge on any atom is 0.321 e. The number of aliphatic carboxylic acids is 1. The standard InChI is InChI=1S/C12H13BrN2O5S/c1-6(12(17)18)15-21(19,20)10-5-9-7(4-8(10)13)2-3-11(16)14-9/h4-6,15H,2-3H2,1H3,(H,14,16)(H,17,18). The van der Waals surface area contributed by atoms with Gasteiger partial charge in [0.2, 0.25) is 15.9 Å². The van der Waals surface area contributed by atoms with Gasteiger partial charge < -0.3 is 10.4 Å². The minimum absolute atomic E-state index is 0.114. The van der Waals surface area contributed by atoms with Crippen LogP contribution in [0.1, 0.15) is 18.9 Å². The van der Waals surface area contributed by atoms with E-state index in [9.17, 15) is 18.0 Å². The number of sulfonamides is 1. The van der Waals surface area contributed by atoms with E-state index in [4.69, 9.17) is 5.11 Å². The number of carbonyl (C=O) groups is 2. The first kappa shape index (κ1) is 15.9. The lowest BCUT2D eigenvalue weighted by Gasteiger charge is -2.19. The van der Waals surface area contributed by atoms with Crippen LogP contribution in [0.2, 0.25) is 0 Å². The van der Waals surface area contributed by atoms with Gasteiger partial charge in [0.05, 0.1) is 4.90 Å². The number of benzene rings is 1. The predicted octanol–water partition coefficient (Wildman–Crippen LogP) is 1.09. The molecule has 0 aliphatic carbocycles. The molecular weight excluding hydrogens is 364 g/mol. The quantitative estimate of drug-likeness (QED) is 0.727. The number of halogens is 1. The molecule has 0 saturated heterocycles.